The van der Waals surface area contributed by atoms with E-state index in [9.17, 15) is 0 Å². The van der Waals surface area contributed by atoms with Crippen LogP contribution in [0.4, 0.5) is 5.00 Å². The molecule has 0 aliphatic heterocycles. The van der Waals surface area contributed by atoms with Crippen LogP contribution in [0, 0.1) is 12.8 Å². The monoisotopic (exact) mass is 210 g/mol. The molecule has 0 spiro atoms. The highest BCUT2D eigenvalue weighted by atomic mass is 32.1. The lowest BCUT2D eigenvalue weighted by molar-refractivity contribution is 0.271. The Hall–Kier alpha value is -0.540. The zero-order chi connectivity index (χ0) is 10.1. The molecule has 1 saturated carbocycles. The van der Waals surface area contributed by atoms with Crippen molar-refractivity contribution >= 4 is 16.3 Å². The van der Waals surface area contributed by atoms with Crippen LogP contribution in [0.25, 0.3) is 0 Å². The van der Waals surface area contributed by atoms with E-state index < -0.39 is 0 Å². The zero-order valence-electron chi connectivity index (χ0n) is 8.86. The predicted molar refractivity (Wildman–Crippen MR) is 63.0 cm³/mol. The van der Waals surface area contributed by atoms with Crippen molar-refractivity contribution in [3.63, 3.8) is 0 Å². The van der Waals surface area contributed by atoms with Crippen LogP contribution in [0.5, 0.6) is 0 Å². The van der Waals surface area contributed by atoms with Gasteiger partial charge in [0.1, 0.15) is 0 Å². The molecule has 2 N–H and O–H groups in total. The summed E-state index contributed by atoms with van der Waals surface area (Å²) in [5.41, 5.74) is 7.17. The predicted octanol–water partition coefficient (Wildman–Crippen LogP) is 2.23. The molecule has 1 aromatic rings. The molecule has 3 heteroatoms. The molecule has 0 radical (unpaired) electrons. The molecule has 2 nitrogen and oxygen atoms in total. The molecule has 0 unspecified atom stereocenters. The fourth-order valence-electron chi connectivity index (χ4n) is 2.16. The quantitative estimate of drug-likeness (QED) is 0.829. The summed E-state index contributed by atoms with van der Waals surface area (Å²) in [5, 5.41) is 3.57. The van der Waals surface area contributed by atoms with Crippen LogP contribution < -0.4 is 10.6 Å². The summed E-state index contributed by atoms with van der Waals surface area (Å²) in [6, 6.07) is 2.65. The van der Waals surface area contributed by atoms with Crippen molar-refractivity contribution in [2.24, 2.45) is 11.7 Å². The zero-order valence-corrected chi connectivity index (χ0v) is 9.68. The van der Waals surface area contributed by atoms with Gasteiger partial charge in [0.15, 0.2) is 0 Å². The van der Waals surface area contributed by atoms with Gasteiger partial charge in [-0.2, -0.15) is 0 Å². The standard InChI is InChI=1S/C11H18N2S/c1-8-3-4-14-11(8)13(2)7-9-5-10(12)6-9/h3-4,9-10H,5-7,12H2,1-2H3. The Morgan fingerprint density at radius 3 is 2.79 bits per heavy atom. The van der Waals surface area contributed by atoms with Crippen molar-refractivity contribution in [2.75, 3.05) is 18.5 Å². The number of nitrogens with two attached hydrogens (primary N) is 1. The highest BCUT2D eigenvalue weighted by Gasteiger charge is 2.27. The average molecular weight is 210 g/mol. The molecule has 0 amide bonds. The molecular weight excluding hydrogens is 192 g/mol. The van der Waals surface area contributed by atoms with E-state index in [2.05, 4.69) is 30.3 Å². The molecule has 1 aliphatic rings. The highest BCUT2D eigenvalue weighted by Crippen LogP contribution is 2.31. The maximum absolute atomic E-state index is 5.78. The number of thiophene rings is 1. The normalized spacial score (nSPS) is 25.9. The minimum atomic E-state index is 0.470. The van der Waals surface area contributed by atoms with Gasteiger partial charge >= 0.3 is 0 Å². The van der Waals surface area contributed by atoms with E-state index in [4.69, 9.17) is 5.73 Å². The van der Waals surface area contributed by atoms with Gasteiger partial charge in [-0.15, -0.1) is 11.3 Å². The summed E-state index contributed by atoms with van der Waals surface area (Å²) in [7, 11) is 2.18. The molecule has 0 saturated heterocycles. The van der Waals surface area contributed by atoms with Gasteiger partial charge in [-0.3, -0.25) is 0 Å². The SMILES string of the molecule is Cc1ccsc1N(C)CC1CC(N)C1. The Labute approximate surface area is 89.7 Å². The van der Waals surface area contributed by atoms with Crippen molar-refractivity contribution in [3.05, 3.63) is 17.0 Å². The van der Waals surface area contributed by atoms with E-state index in [0.717, 1.165) is 12.5 Å². The molecule has 0 bridgehead atoms. The molecule has 1 aromatic heterocycles. The third-order valence-electron chi connectivity index (χ3n) is 2.99. The third kappa shape index (κ3) is 1.93. The lowest BCUT2D eigenvalue weighted by atomic mass is 9.81. The molecular formula is C11H18N2S. The van der Waals surface area contributed by atoms with E-state index in [1.165, 1.54) is 23.4 Å². The largest absolute Gasteiger partial charge is 0.366 e. The van der Waals surface area contributed by atoms with Gasteiger partial charge < -0.3 is 10.6 Å². The maximum Gasteiger partial charge on any atom is 0.0935 e. The molecule has 1 fully saturated rings. The summed E-state index contributed by atoms with van der Waals surface area (Å²) in [5.74, 6) is 0.816. The van der Waals surface area contributed by atoms with Gasteiger partial charge in [0.2, 0.25) is 0 Å². The number of aryl methyl sites for hydroxylation is 1. The van der Waals surface area contributed by atoms with Crippen molar-refractivity contribution in [1.82, 2.24) is 0 Å². The number of hydrogen-bond donors (Lipinski definition) is 1. The first-order chi connectivity index (χ1) is 6.66. The minimum Gasteiger partial charge on any atom is -0.366 e. The first-order valence-electron chi connectivity index (χ1n) is 5.17. The van der Waals surface area contributed by atoms with Crippen LogP contribution in [-0.2, 0) is 0 Å². The van der Waals surface area contributed by atoms with E-state index >= 15 is 0 Å². The Bertz CT molecular complexity index is 302. The maximum atomic E-state index is 5.78. The van der Waals surface area contributed by atoms with Crippen molar-refractivity contribution in [2.45, 2.75) is 25.8 Å². The summed E-state index contributed by atoms with van der Waals surface area (Å²) < 4.78 is 0. The third-order valence-corrected chi connectivity index (χ3v) is 4.12. The van der Waals surface area contributed by atoms with Gasteiger partial charge in [0, 0.05) is 19.6 Å². The Kier molecular flexibility index (Phi) is 2.79. The second-order valence-electron chi connectivity index (χ2n) is 4.39. The summed E-state index contributed by atoms with van der Waals surface area (Å²) in [4.78, 5) is 2.37. The number of nitrogens with zero attached hydrogens (tertiary/aromatic N) is 1. The Morgan fingerprint density at radius 2 is 2.29 bits per heavy atom. The Balaban J connectivity index is 1.90. The first kappa shape index (κ1) is 9.99. The van der Waals surface area contributed by atoms with Gasteiger partial charge in [-0.05, 0) is 42.7 Å². The number of hydrogen-bond acceptors (Lipinski definition) is 3. The molecule has 1 aliphatic carbocycles. The van der Waals surface area contributed by atoms with E-state index in [1.807, 2.05) is 11.3 Å². The van der Waals surface area contributed by atoms with Crippen LogP contribution in [0.2, 0.25) is 0 Å². The summed E-state index contributed by atoms with van der Waals surface area (Å²) in [6.45, 7) is 3.34. The van der Waals surface area contributed by atoms with Crippen molar-refractivity contribution in [3.8, 4) is 0 Å². The first-order valence-corrected chi connectivity index (χ1v) is 6.05. The van der Waals surface area contributed by atoms with E-state index in [1.54, 1.807) is 0 Å². The molecule has 14 heavy (non-hydrogen) atoms. The smallest absolute Gasteiger partial charge is 0.0935 e. The fourth-order valence-corrected chi connectivity index (χ4v) is 3.07. The van der Waals surface area contributed by atoms with Crippen LogP contribution >= 0.6 is 11.3 Å². The van der Waals surface area contributed by atoms with E-state index in [-0.39, 0.29) is 0 Å². The van der Waals surface area contributed by atoms with Gasteiger partial charge in [0.25, 0.3) is 0 Å². The molecule has 0 atom stereocenters. The van der Waals surface area contributed by atoms with Gasteiger partial charge in [-0.1, -0.05) is 0 Å². The Morgan fingerprint density at radius 1 is 1.57 bits per heavy atom. The van der Waals surface area contributed by atoms with Gasteiger partial charge in [-0.25, -0.2) is 0 Å². The molecule has 78 valence electrons. The van der Waals surface area contributed by atoms with Crippen LogP contribution in [0.3, 0.4) is 0 Å². The van der Waals surface area contributed by atoms with Crippen molar-refractivity contribution in [1.29, 1.82) is 0 Å². The second-order valence-corrected chi connectivity index (χ2v) is 5.28. The van der Waals surface area contributed by atoms with E-state index in [0.29, 0.717) is 6.04 Å². The summed E-state index contributed by atoms with van der Waals surface area (Å²) in [6.07, 6.45) is 2.41. The molecule has 2 rings (SSSR count). The molecule has 0 aromatic carbocycles. The van der Waals surface area contributed by atoms with Crippen LogP contribution in [-0.4, -0.2) is 19.6 Å². The lowest BCUT2D eigenvalue weighted by Gasteiger charge is -2.35. The molecule has 1 heterocycles. The topological polar surface area (TPSA) is 29.3 Å². The number of rotatable bonds is 3. The fraction of sp³-hybridized carbons (Fsp3) is 0.636. The highest BCUT2D eigenvalue weighted by molar-refractivity contribution is 7.14. The summed E-state index contributed by atoms with van der Waals surface area (Å²) >= 11 is 1.83. The van der Waals surface area contributed by atoms with Crippen LogP contribution in [0.1, 0.15) is 18.4 Å². The minimum absolute atomic E-state index is 0.470. The second kappa shape index (κ2) is 3.91. The van der Waals surface area contributed by atoms with Crippen molar-refractivity contribution < 1.29 is 0 Å². The average Bonchev–Trinajstić information content (AvgIpc) is 2.48. The van der Waals surface area contributed by atoms with Crippen LogP contribution in [0.15, 0.2) is 11.4 Å². The lowest BCUT2D eigenvalue weighted by Crippen LogP contribution is -2.41. The van der Waals surface area contributed by atoms with Gasteiger partial charge in [0.05, 0.1) is 5.00 Å². The number of anilines is 1.